The first-order valence-electron chi connectivity index (χ1n) is 4.77. The Morgan fingerprint density at radius 1 is 1.08 bits per heavy atom. The maximum Gasteiger partial charge on any atom is 0.0760 e. The van der Waals surface area contributed by atoms with Crippen molar-refractivity contribution in [1.29, 1.82) is 0 Å². The van der Waals surface area contributed by atoms with Crippen molar-refractivity contribution in [3.8, 4) is 0 Å². The Morgan fingerprint density at radius 2 is 1.50 bits per heavy atom. The van der Waals surface area contributed by atoms with Crippen LogP contribution in [0.25, 0.3) is 0 Å². The van der Waals surface area contributed by atoms with Crippen molar-refractivity contribution >= 4 is 0 Å². The second-order valence-electron chi connectivity index (χ2n) is 4.92. The average molecular weight is 171 g/mol. The van der Waals surface area contributed by atoms with Crippen molar-refractivity contribution in [1.82, 2.24) is 4.90 Å². The third-order valence-electron chi connectivity index (χ3n) is 2.21. The molecule has 0 atom stereocenters. The van der Waals surface area contributed by atoms with Crippen LogP contribution in [0.1, 0.15) is 34.6 Å². The van der Waals surface area contributed by atoms with Crippen LogP contribution in [-0.2, 0) is 4.74 Å². The van der Waals surface area contributed by atoms with Crippen LogP contribution in [0, 0.1) is 0 Å². The van der Waals surface area contributed by atoms with E-state index < -0.39 is 0 Å². The van der Waals surface area contributed by atoms with E-state index in [9.17, 15) is 0 Å². The zero-order chi connectivity index (χ0) is 9.41. The fourth-order valence-corrected chi connectivity index (χ4v) is 2.17. The van der Waals surface area contributed by atoms with Gasteiger partial charge in [0, 0.05) is 13.1 Å². The van der Waals surface area contributed by atoms with E-state index in [0.29, 0.717) is 0 Å². The highest BCUT2D eigenvalue weighted by atomic mass is 16.5. The molecule has 0 saturated carbocycles. The van der Waals surface area contributed by atoms with Gasteiger partial charge in [0.05, 0.1) is 11.2 Å². The molecule has 72 valence electrons. The van der Waals surface area contributed by atoms with Gasteiger partial charge in [0.25, 0.3) is 0 Å². The van der Waals surface area contributed by atoms with Gasteiger partial charge in [-0.3, -0.25) is 4.90 Å². The molecular formula is C10H21NO. The number of morpholine rings is 1. The summed E-state index contributed by atoms with van der Waals surface area (Å²) in [6.07, 6.45) is 0. The Kier molecular flexibility index (Phi) is 2.50. The van der Waals surface area contributed by atoms with Crippen LogP contribution < -0.4 is 0 Å². The van der Waals surface area contributed by atoms with Crippen LogP contribution in [-0.4, -0.2) is 35.7 Å². The largest absolute Gasteiger partial charge is 0.367 e. The van der Waals surface area contributed by atoms with Crippen molar-refractivity contribution in [2.45, 2.75) is 45.8 Å². The van der Waals surface area contributed by atoms with Crippen LogP contribution in [0.5, 0.6) is 0 Å². The number of hydrogen-bond donors (Lipinski definition) is 0. The molecule has 1 fully saturated rings. The molecule has 1 saturated heterocycles. The zero-order valence-corrected chi connectivity index (χ0v) is 8.98. The molecule has 0 radical (unpaired) electrons. The van der Waals surface area contributed by atoms with E-state index in [1.54, 1.807) is 0 Å². The topological polar surface area (TPSA) is 12.5 Å². The molecule has 1 aliphatic rings. The number of ether oxygens (including phenoxy) is 1. The van der Waals surface area contributed by atoms with Gasteiger partial charge in [-0.25, -0.2) is 0 Å². The van der Waals surface area contributed by atoms with E-state index >= 15 is 0 Å². The van der Waals surface area contributed by atoms with Gasteiger partial charge in [0.15, 0.2) is 0 Å². The molecule has 0 N–H and O–H groups in total. The first-order chi connectivity index (χ1) is 5.35. The molecule has 0 aliphatic carbocycles. The monoisotopic (exact) mass is 171 g/mol. The lowest BCUT2D eigenvalue weighted by Gasteiger charge is -2.46. The van der Waals surface area contributed by atoms with E-state index in [0.717, 1.165) is 19.6 Å². The minimum absolute atomic E-state index is 0.0117. The highest BCUT2D eigenvalue weighted by Gasteiger charge is 2.37. The quantitative estimate of drug-likeness (QED) is 0.597. The molecular weight excluding hydrogens is 150 g/mol. The maximum atomic E-state index is 5.95. The lowest BCUT2D eigenvalue weighted by Crippen LogP contribution is -2.56. The maximum absolute atomic E-state index is 5.95. The van der Waals surface area contributed by atoms with Crippen LogP contribution in [0.3, 0.4) is 0 Å². The van der Waals surface area contributed by atoms with Crippen LogP contribution in [0.2, 0.25) is 0 Å². The number of likely N-dealkylation sites (N-methyl/N-ethyl adjacent to an activating group) is 1. The van der Waals surface area contributed by atoms with Gasteiger partial charge in [0.1, 0.15) is 0 Å². The summed E-state index contributed by atoms with van der Waals surface area (Å²) < 4.78 is 5.95. The lowest BCUT2D eigenvalue weighted by molar-refractivity contribution is -0.179. The highest BCUT2D eigenvalue weighted by Crippen LogP contribution is 2.27. The minimum Gasteiger partial charge on any atom is -0.367 e. The summed E-state index contributed by atoms with van der Waals surface area (Å²) in [6.45, 7) is 14.1. The normalized spacial score (nSPS) is 28.8. The Balaban J connectivity index is 2.66. The fourth-order valence-electron chi connectivity index (χ4n) is 2.17. The van der Waals surface area contributed by atoms with Crippen molar-refractivity contribution in [3.05, 3.63) is 0 Å². The molecule has 0 bridgehead atoms. The second kappa shape index (κ2) is 3.00. The Bertz CT molecular complexity index is 147. The van der Waals surface area contributed by atoms with Gasteiger partial charge in [-0.1, -0.05) is 6.92 Å². The van der Waals surface area contributed by atoms with Crippen molar-refractivity contribution in [2.75, 3.05) is 19.6 Å². The summed E-state index contributed by atoms with van der Waals surface area (Å²) in [7, 11) is 0. The molecule has 0 amide bonds. The summed E-state index contributed by atoms with van der Waals surface area (Å²) in [5.41, 5.74) is 0.0233. The molecule has 0 aromatic heterocycles. The van der Waals surface area contributed by atoms with Crippen molar-refractivity contribution < 1.29 is 4.74 Å². The average Bonchev–Trinajstić information content (AvgIpc) is 1.80. The summed E-state index contributed by atoms with van der Waals surface area (Å²) in [5, 5.41) is 0. The Labute approximate surface area is 75.9 Å². The summed E-state index contributed by atoms with van der Waals surface area (Å²) in [5.74, 6) is 0. The van der Waals surface area contributed by atoms with Crippen LogP contribution in [0.15, 0.2) is 0 Å². The molecule has 1 heterocycles. The predicted octanol–water partition coefficient (Wildman–Crippen LogP) is 1.90. The van der Waals surface area contributed by atoms with E-state index in [2.05, 4.69) is 39.5 Å². The van der Waals surface area contributed by atoms with Gasteiger partial charge in [-0.2, -0.15) is 0 Å². The summed E-state index contributed by atoms with van der Waals surface area (Å²) in [4.78, 5) is 2.45. The molecule has 1 rings (SSSR count). The van der Waals surface area contributed by atoms with E-state index in [1.807, 2.05) is 0 Å². The highest BCUT2D eigenvalue weighted by molar-refractivity contribution is 4.88. The third kappa shape index (κ3) is 2.46. The molecule has 2 heteroatoms. The molecule has 0 unspecified atom stereocenters. The van der Waals surface area contributed by atoms with Gasteiger partial charge in [-0.15, -0.1) is 0 Å². The van der Waals surface area contributed by atoms with E-state index in [-0.39, 0.29) is 11.2 Å². The van der Waals surface area contributed by atoms with Crippen molar-refractivity contribution in [3.63, 3.8) is 0 Å². The van der Waals surface area contributed by atoms with E-state index in [1.165, 1.54) is 0 Å². The molecule has 0 spiro atoms. The Morgan fingerprint density at radius 3 is 1.83 bits per heavy atom. The first kappa shape index (κ1) is 10.0. The predicted molar refractivity (Wildman–Crippen MR) is 51.4 cm³/mol. The van der Waals surface area contributed by atoms with Gasteiger partial charge in [0.2, 0.25) is 0 Å². The van der Waals surface area contributed by atoms with Gasteiger partial charge in [-0.05, 0) is 34.2 Å². The van der Waals surface area contributed by atoms with Crippen LogP contribution >= 0.6 is 0 Å². The van der Waals surface area contributed by atoms with Gasteiger partial charge < -0.3 is 4.74 Å². The molecule has 1 aliphatic heterocycles. The second-order valence-corrected chi connectivity index (χ2v) is 4.92. The molecule has 2 nitrogen and oxygen atoms in total. The lowest BCUT2D eigenvalue weighted by atomic mass is 9.99. The first-order valence-corrected chi connectivity index (χ1v) is 4.77. The number of rotatable bonds is 1. The number of nitrogens with zero attached hydrogens (tertiary/aromatic N) is 1. The smallest absolute Gasteiger partial charge is 0.0760 e. The van der Waals surface area contributed by atoms with Crippen LogP contribution in [0.4, 0.5) is 0 Å². The summed E-state index contributed by atoms with van der Waals surface area (Å²) >= 11 is 0. The number of hydrogen-bond acceptors (Lipinski definition) is 2. The molecule has 0 aromatic carbocycles. The third-order valence-corrected chi connectivity index (χ3v) is 2.21. The van der Waals surface area contributed by atoms with E-state index in [4.69, 9.17) is 4.74 Å². The zero-order valence-electron chi connectivity index (χ0n) is 8.98. The summed E-state index contributed by atoms with van der Waals surface area (Å²) in [6, 6.07) is 0. The van der Waals surface area contributed by atoms with Gasteiger partial charge >= 0.3 is 0 Å². The fraction of sp³-hybridized carbons (Fsp3) is 1.00. The molecule has 0 aromatic rings. The molecule has 12 heavy (non-hydrogen) atoms. The standard InChI is InChI=1S/C10H21NO/c1-6-11-7-9(2,3)12-10(4,5)8-11/h6-8H2,1-5H3. The SMILES string of the molecule is CCN1CC(C)(C)OC(C)(C)C1. The van der Waals surface area contributed by atoms with Crippen molar-refractivity contribution in [2.24, 2.45) is 0 Å². The minimum atomic E-state index is 0.0117. The Hall–Kier alpha value is -0.0800.